The van der Waals surface area contributed by atoms with E-state index in [1.54, 1.807) is 12.6 Å². The first-order chi connectivity index (χ1) is 8.84. The summed E-state index contributed by atoms with van der Waals surface area (Å²) >= 11 is 0. The number of nitrogens with one attached hydrogen (secondary N) is 1. The van der Waals surface area contributed by atoms with Gasteiger partial charge in [-0.05, 0) is 44.7 Å². The standard InChI is InChI=1S/C14H17N3O/c1-10(13-7-4-8-18-13)17-14-11-5-2-3-6-12(11)15-9-16-14/h4,7-10H,2-3,5-6H2,1H3,(H,15,16,17). The van der Waals surface area contributed by atoms with Gasteiger partial charge in [0.15, 0.2) is 0 Å². The lowest BCUT2D eigenvalue weighted by atomic mass is 9.96. The van der Waals surface area contributed by atoms with Crippen molar-refractivity contribution in [2.75, 3.05) is 5.32 Å². The average Bonchev–Trinajstić information content (AvgIpc) is 2.93. The fourth-order valence-corrected chi connectivity index (χ4v) is 2.46. The number of nitrogens with zero attached hydrogens (tertiary/aromatic N) is 2. The SMILES string of the molecule is CC(Nc1ncnc2c1CCCC2)c1ccco1. The van der Waals surface area contributed by atoms with E-state index in [0.717, 1.165) is 24.4 Å². The van der Waals surface area contributed by atoms with Crippen molar-refractivity contribution in [2.45, 2.75) is 38.6 Å². The molecule has 2 aromatic heterocycles. The molecule has 0 aliphatic heterocycles. The van der Waals surface area contributed by atoms with Crippen molar-refractivity contribution < 1.29 is 4.42 Å². The smallest absolute Gasteiger partial charge is 0.133 e. The number of hydrogen-bond donors (Lipinski definition) is 1. The lowest BCUT2D eigenvalue weighted by Gasteiger charge is -2.20. The molecule has 0 saturated carbocycles. The Bertz CT molecular complexity index is 522. The third kappa shape index (κ3) is 2.10. The number of furan rings is 1. The minimum atomic E-state index is 0.126. The van der Waals surface area contributed by atoms with Gasteiger partial charge in [-0.3, -0.25) is 0 Å². The van der Waals surface area contributed by atoms with Crippen LogP contribution in [-0.4, -0.2) is 9.97 Å². The molecule has 94 valence electrons. The average molecular weight is 243 g/mol. The monoisotopic (exact) mass is 243 g/mol. The van der Waals surface area contributed by atoms with E-state index >= 15 is 0 Å². The van der Waals surface area contributed by atoms with Crippen LogP contribution >= 0.6 is 0 Å². The molecule has 1 atom stereocenters. The van der Waals surface area contributed by atoms with Gasteiger partial charge in [-0.25, -0.2) is 9.97 Å². The molecule has 1 unspecified atom stereocenters. The van der Waals surface area contributed by atoms with Crippen LogP contribution in [0.1, 0.15) is 42.8 Å². The highest BCUT2D eigenvalue weighted by atomic mass is 16.3. The molecule has 18 heavy (non-hydrogen) atoms. The third-order valence-electron chi connectivity index (χ3n) is 3.45. The first-order valence-corrected chi connectivity index (χ1v) is 6.47. The summed E-state index contributed by atoms with van der Waals surface area (Å²) < 4.78 is 5.41. The Morgan fingerprint density at radius 1 is 1.28 bits per heavy atom. The number of aromatic nitrogens is 2. The van der Waals surface area contributed by atoms with Crippen LogP contribution in [0.15, 0.2) is 29.1 Å². The second-order valence-corrected chi connectivity index (χ2v) is 4.74. The number of fused-ring (bicyclic) bond motifs is 1. The van der Waals surface area contributed by atoms with Crippen molar-refractivity contribution >= 4 is 5.82 Å². The van der Waals surface area contributed by atoms with E-state index in [1.165, 1.54) is 24.1 Å². The molecule has 0 radical (unpaired) electrons. The molecule has 0 fully saturated rings. The fraction of sp³-hybridized carbons (Fsp3) is 0.429. The van der Waals surface area contributed by atoms with E-state index in [-0.39, 0.29) is 6.04 Å². The molecule has 1 aliphatic rings. The van der Waals surface area contributed by atoms with Crippen LogP contribution in [-0.2, 0) is 12.8 Å². The summed E-state index contributed by atoms with van der Waals surface area (Å²) in [6.07, 6.45) is 7.96. The second kappa shape index (κ2) is 4.80. The van der Waals surface area contributed by atoms with Gasteiger partial charge in [0, 0.05) is 11.3 Å². The summed E-state index contributed by atoms with van der Waals surface area (Å²) in [7, 11) is 0. The van der Waals surface area contributed by atoms with Crippen LogP contribution < -0.4 is 5.32 Å². The molecule has 2 heterocycles. The van der Waals surface area contributed by atoms with Crippen molar-refractivity contribution in [3.63, 3.8) is 0 Å². The van der Waals surface area contributed by atoms with Gasteiger partial charge in [0.05, 0.1) is 12.3 Å². The Morgan fingerprint density at radius 2 is 2.17 bits per heavy atom. The molecular formula is C14H17N3O. The van der Waals surface area contributed by atoms with Crippen LogP contribution in [0.5, 0.6) is 0 Å². The molecule has 0 aromatic carbocycles. The molecule has 0 amide bonds. The van der Waals surface area contributed by atoms with Gasteiger partial charge in [0.1, 0.15) is 17.9 Å². The van der Waals surface area contributed by atoms with Crippen molar-refractivity contribution in [3.05, 3.63) is 41.7 Å². The Kier molecular flexibility index (Phi) is 3.00. The summed E-state index contributed by atoms with van der Waals surface area (Å²) in [6, 6.07) is 4.01. The molecular weight excluding hydrogens is 226 g/mol. The van der Waals surface area contributed by atoms with Crippen molar-refractivity contribution in [1.29, 1.82) is 0 Å². The van der Waals surface area contributed by atoms with E-state index in [4.69, 9.17) is 4.42 Å². The first-order valence-electron chi connectivity index (χ1n) is 6.47. The largest absolute Gasteiger partial charge is 0.467 e. The second-order valence-electron chi connectivity index (χ2n) is 4.74. The van der Waals surface area contributed by atoms with Crippen LogP contribution in [0.25, 0.3) is 0 Å². The molecule has 1 N–H and O–H groups in total. The van der Waals surface area contributed by atoms with E-state index in [0.29, 0.717) is 0 Å². The Morgan fingerprint density at radius 3 is 3.00 bits per heavy atom. The minimum Gasteiger partial charge on any atom is -0.467 e. The highest BCUT2D eigenvalue weighted by molar-refractivity contribution is 5.48. The zero-order valence-corrected chi connectivity index (χ0v) is 10.5. The fourth-order valence-electron chi connectivity index (χ4n) is 2.46. The van der Waals surface area contributed by atoms with Gasteiger partial charge in [-0.1, -0.05) is 0 Å². The number of rotatable bonds is 3. The summed E-state index contributed by atoms with van der Waals surface area (Å²) in [6.45, 7) is 2.08. The molecule has 0 saturated heterocycles. The van der Waals surface area contributed by atoms with Crippen LogP contribution in [0, 0.1) is 0 Å². The first kappa shape index (κ1) is 11.3. The topological polar surface area (TPSA) is 51.0 Å². The van der Waals surface area contributed by atoms with Crippen molar-refractivity contribution in [1.82, 2.24) is 9.97 Å². The Hall–Kier alpha value is -1.84. The van der Waals surface area contributed by atoms with Crippen LogP contribution in [0.2, 0.25) is 0 Å². The lowest BCUT2D eigenvalue weighted by Crippen LogP contribution is -2.14. The van der Waals surface area contributed by atoms with E-state index in [1.807, 2.05) is 12.1 Å². The van der Waals surface area contributed by atoms with Gasteiger partial charge in [-0.15, -0.1) is 0 Å². The van der Waals surface area contributed by atoms with Crippen LogP contribution in [0.3, 0.4) is 0 Å². The van der Waals surface area contributed by atoms with Gasteiger partial charge >= 0.3 is 0 Å². The maximum Gasteiger partial charge on any atom is 0.133 e. The summed E-state index contributed by atoms with van der Waals surface area (Å²) in [5, 5.41) is 3.43. The highest BCUT2D eigenvalue weighted by Gasteiger charge is 2.17. The van der Waals surface area contributed by atoms with E-state index in [2.05, 4.69) is 22.2 Å². The molecule has 4 heteroatoms. The highest BCUT2D eigenvalue weighted by Crippen LogP contribution is 2.27. The van der Waals surface area contributed by atoms with E-state index in [9.17, 15) is 0 Å². The molecule has 2 aromatic rings. The number of hydrogen-bond acceptors (Lipinski definition) is 4. The molecule has 3 rings (SSSR count). The predicted molar refractivity (Wildman–Crippen MR) is 69.4 cm³/mol. The Balaban J connectivity index is 1.84. The number of aryl methyl sites for hydroxylation is 1. The predicted octanol–water partition coefficient (Wildman–Crippen LogP) is 3.12. The van der Waals surface area contributed by atoms with Gasteiger partial charge in [0.25, 0.3) is 0 Å². The zero-order valence-electron chi connectivity index (χ0n) is 10.5. The maximum atomic E-state index is 5.41. The molecule has 0 spiro atoms. The van der Waals surface area contributed by atoms with E-state index < -0.39 is 0 Å². The normalized spacial score (nSPS) is 16.1. The quantitative estimate of drug-likeness (QED) is 0.899. The zero-order chi connectivity index (χ0) is 12.4. The minimum absolute atomic E-state index is 0.126. The molecule has 4 nitrogen and oxygen atoms in total. The molecule has 0 bridgehead atoms. The van der Waals surface area contributed by atoms with Crippen molar-refractivity contribution in [2.24, 2.45) is 0 Å². The van der Waals surface area contributed by atoms with Gasteiger partial charge < -0.3 is 9.73 Å². The summed E-state index contributed by atoms with van der Waals surface area (Å²) in [5.74, 6) is 1.89. The third-order valence-corrected chi connectivity index (χ3v) is 3.45. The molecule has 1 aliphatic carbocycles. The summed E-state index contributed by atoms with van der Waals surface area (Å²) in [5.41, 5.74) is 2.48. The lowest BCUT2D eigenvalue weighted by molar-refractivity contribution is 0.489. The summed E-state index contributed by atoms with van der Waals surface area (Å²) in [4.78, 5) is 8.75. The van der Waals surface area contributed by atoms with Gasteiger partial charge in [0.2, 0.25) is 0 Å². The van der Waals surface area contributed by atoms with Gasteiger partial charge in [-0.2, -0.15) is 0 Å². The number of anilines is 1. The maximum absolute atomic E-state index is 5.41. The Labute approximate surface area is 106 Å². The van der Waals surface area contributed by atoms with Crippen molar-refractivity contribution in [3.8, 4) is 0 Å². The van der Waals surface area contributed by atoms with Crippen LogP contribution in [0.4, 0.5) is 5.82 Å².